The summed E-state index contributed by atoms with van der Waals surface area (Å²) >= 11 is 0. The van der Waals surface area contributed by atoms with Crippen LogP contribution >= 0.6 is 0 Å². The van der Waals surface area contributed by atoms with Crippen molar-refractivity contribution in [3.63, 3.8) is 0 Å². The number of halogens is 1. The van der Waals surface area contributed by atoms with E-state index in [4.69, 9.17) is 4.74 Å². The number of pyridine rings is 1. The second-order valence-electron chi connectivity index (χ2n) is 6.71. The third-order valence-electron chi connectivity index (χ3n) is 4.95. The number of fused-ring (bicyclic) bond motifs is 1. The summed E-state index contributed by atoms with van der Waals surface area (Å²) in [5.41, 5.74) is 4.64. The van der Waals surface area contributed by atoms with Crippen molar-refractivity contribution in [3.8, 4) is 5.75 Å². The van der Waals surface area contributed by atoms with Crippen LogP contribution in [0.5, 0.6) is 5.75 Å². The molecule has 1 aliphatic carbocycles. The molecule has 3 aromatic rings. The zero-order chi connectivity index (χ0) is 16.7. The van der Waals surface area contributed by atoms with Crippen LogP contribution in [0, 0.1) is 25.6 Å². The van der Waals surface area contributed by atoms with E-state index in [-0.39, 0.29) is 5.82 Å². The van der Waals surface area contributed by atoms with Gasteiger partial charge in [-0.25, -0.2) is 4.39 Å². The Morgan fingerprint density at radius 2 is 1.92 bits per heavy atom. The smallest absolute Gasteiger partial charge is 0.162 e. The fourth-order valence-corrected chi connectivity index (χ4v) is 3.19. The van der Waals surface area contributed by atoms with Crippen LogP contribution in [0.4, 0.5) is 4.39 Å². The zero-order valence-corrected chi connectivity index (χ0v) is 14.1. The molecule has 0 amide bonds. The van der Waals surface area contributed by atoms with E-state index < -0.39 is 0 Å². The number of nitrogens with zero attached hydrogens (tertiary/aromatic N) is 2. The fraction of sp³-hybridized carbons (Fsp3) is 0.350. The van der Waals surface area contributed by atoms with Crippen molar-refractivity contribution in [1.82, 2.24) is 9.55 Å². The highest BCUT2D eigenvalue weighted by molar-refractivity contribution is 5.89. The van der Waals surface area contributed by atoms with Gasteiger partial charge in [-0.1, -0.05) is 12.1 Å². The minimum Gasteiger partial charge on any atom is -0.485 e. The third kappa shape index (κ3) is 2.77. The summed E-state index contributed by atoms with van der Waals surface area (Å²) in [6, 6.07) is 6.43. The predicted octanol–water partition coefficient (Wildman–Crippen LogP) is 4.78. The van der Waals surface area contributed by atoms with E-state index in [0.717, 1.165) is 34.7 Å². The lowest BCUT2D eigenvalue weighted by Crippen LogP contribution is -2.04. The molecule has 124 valence electrons. The van der Waals surface area contributed by atoms with Gasteiger partial charge in [0.25, 0.3) is 0 Å². The molecule has 1 aromatic carbocycles. The fourth-order valence-electron chi connectivity index (χ4n) is 3.19. The quantitative estimate of drug-likeness (QED) is 0.675. The number of hydrogen-bond acceptors (Lipinski definition) is 2. The Morgan fingerprint density at radius 1 is 1.17 bits per heavy atom. The Labute approximate surface area is 141 Å². The van der Waals surface area contributed by atoms with Gasteiger partial charge < -0.3 is 9.30 Å². The predicted molar refractivity (Wildman–Crippen MR) is 92.7 cm³/mol. The highest BCUT2D eigenvalue weighted by Gasteiger charge is 2.25. The van der Waals surface area contributed by atoms with E-state index in [2.05, 4.69) is 23.4 Å². The van der Waals surface area contributed by atoms with E-state index in [1.54, 1.807) is 18.3 Å². The first kappa shape index (κ1) is 15.2. The maximum atomic E-state index is 13.0. The molecule has 0 unspecified atom stereocenters. The normalized spacial score (nSPS) is 14.3. The minimum absolute atomic E-state index is 0.230. The Balaban J connectivity index is 1.69. The van der Waals surface area contributed by atoms with Crippen LogP contribution in [0.2, 0.25) is 0 Å². The molecular formula is C20H21FN2O. The van der Waals surface area contributed by atoms with Crippen molar-refractivity contribution in [3.05, 3.63) is 59.3 Å². The zero-order valence-electron chi connectivity index (χ0n) is 14.1. The average Bonchev–Trinajstić information content (AvgIpc) is 3.38. The van der Waals surface area contributed by atoms with Crippen molar-refractivity contribution >= 4 is 10.9 Å². The van der Waals surface area contributed by atoms with E-state index >= 15 is 0 Å². The van der Waals surface area contributed by atoms with Gasteiger partial charge in [0.1, 0.15) is 12.4 Å². The highest BCUT2D eigenvalue weighted by atomic mass is 19.1. The van der Waals surface area contributed by atoms with E-state index in [9.17, 15) is 4.39 Å². The summed E-state index contributed by atoms with van der Waals surface area (Å²) in [6.45, 7) is 5.77. The van der Waals surface area contributed by atoms with Crippen LogP contribution in [0.15, 0.2) is 36.7 Å². The first-order valence-corrected chi connectivity index (χ1v) is 8.44. The van der Waals surface area contributed by atoms with Crippen molar-refractivity contribution in [2.45, 2.75) is 39.8 Å². The first-order valence-electron chi connectivity index (χ1n) is 8.44. The summed E-state index contributed by atoms with van der Waals surface area (Å²) in [6.07, 6.45) is 6.34. The van der Waals surface area contributed by atoms with Crippen molar-refractivity contribution < 1.29 is 9.13 Å². The molecule has 0 aliphatic heterocycles. The Hall–Kier alpha value is -2.36. The van der Waals surface area contributed by atoms with Crippen LogP contribution in [0.25, 0.3) is 10.9 Å². The minimum atomic E-state index is -0.230. The molecule has 1 aliphatic rings. The van der Waals surface area contributed by atoms with Gasteiger partial charge in [-0.2, -0.15) is 0 Å². The lowest BCUT2D eigenvalue weighted by Gasteiger charge is -2.12. The molecule has 1 fully saturated rings. The Morgan fingerprint density at radius 3 is 2.62 bits per heavy atom. The van der Waals surface area contributed by atoms with Crippen molar-refractivity contribution in [1.29, 1.82) is 0 Å². The van der Waals surface area contributed by atoms with E-state index in [1.807, 2.05) is 6.20 Å². The number of benzene rings is 1. The molecule has 4 heteroatoms. The van der Waals surface area contributed by atoms with Crippen molar-refractivity contribution in [2.75, 3.05) is 0 Å². The SMILES string of the molecule is Cc1c(C)n(CC2CC2)c2c(OCc3ccc(F)cc3)cncc12. The van der Waals surface area contributed by atoms with Crippen LogP contribution in [0.3, 0.4) is 0 Å². The molecule has 0 spiro atoms. The van der Waals surface area contributed by atoms with Gasteiger partial charge in [-0.3, -0.25) is 4.98 Å². The second-order valence-corrected chi connectivity index (χ2v) is 6.71. The van der Waals surface area contributed by atoms with Gasteiger partial charge >= 0.3 is 0 Å². The molecular weight excluding hydrogens is 303 g/mol. The maximum Gasteiger partial charge on any atom is 0.162 e. The summed E-state index contributed by atoms with van der Waals surface area (Å²) in [4.78, 5) is 4.35. The molecule has 2 heterocycles. The number of rotatable bonds is 5. The molecule has 0 saturated heterocycles. The number of aromatic nitrogens is 2. The number of hydrogen-bond donors (Lipinski definition) is 0. The van der Waals surface area contributed by atoms with E-state index in [1.165, 1.54) is 36.2 Å². The molecule has 2 aromatic heterocycles. The Kier molecular flexibility index (Phi) is 3.75. The lowest BCUT2D eigenvalue weighted by molar-refractivity contribution is 0.307. The second kappa shape index (κ2) is 5.93. The standard InChI is InChI=1S/C20H21FN2O/c1-13-14(2)23(11-15-3-4-15)20-18(13)9-22-10-19(20)24-12-16-5-7-17(21)8-6-16/h5-10,15H,3-4,11-12H2,1-2H3. The summed E-state index contributed by atoms with van der Waals surface area (Å²) in [7, 11) is 0. The Bertz CT molecular complexity index is 879. The monoisotopic (exact) mass is 324 g/mol. The molecule has 0 bridgehead atoms. The molecule has 3 nitrogen and oxygen atoms in total. The van der Waals surface area contributed by atoms with Gasteiger partial charge in [0.05, 0.1) is 11.7 Å². The number of aryl methyl sites for hydroxylation is 1. The number of ether oxygens (including phenoxy) is 1. The van der Waals surface area contributed by atoms with Gasteiger partial charge in [-0.05, 0) is 55.9 Å². The maximum absolute atomic E-state index is 13.0. The van der Waals surface area contributed by atoms with Gasteiger partial charge in [-0.15, -0.1) is 0 Å². The summed E-state index contributed by atoms with van der Waals surface area (Å²) < 4.78 is 21.5. The molecule has 4 rings (SSSR count). The summed E-state index contributed by atoms with van der Waals surface area (Å²) in [5.74, 6) is 1.36. The highest BCUT2D eigenvalue weighted by Crippen LogP contribution is 2.37. The average molecular weight is 324 g/mol. The topological polar surface area (TPSA) is 27.1 Å². The molecule has 0 radical (unpaired) electrons. The van der Waals surface area contributed by atoms with Crippen LogP contribution in [-0.4, -0.2) is 9.55 Å². The van der Waals surface area contributed by atoms with Crippen LogP contribution in [-0.2, 0) is 13.2 Å². The van der Waals surface area contributed by atoms with Crippen LogP contribution in [0.1, 0.15) is 29.7 Å². The van der Waals surface area contributed by atoms with Gasteiger partial charge in [0.2, 0.25) is 0 Å². The van der Waals surface area contributed by atoms with E-state index in [0.29, 0.717) is 6.61 Å². The largest absolute Gasteiger partial charge is 0.485 e. The lowest BCUT2D eigenvalue weighted by atomic mass is 10.2. The molecule has 24 heavy (non-hydrogen) atoms. The summed E-state index contributed by atoms with van der Waals surface area (Å²) in [5, 5.41) is 1.16. The third-order valence-corrected chi connectivity index (χ3v) is 4.95. The van der Waals surface area contributed by atoms with Gasteiger partial charge in [0.15, 0.2) is 5.75 Å². The molecule has 1 saturated carbocycles. The molecule has 0 atom stereocenters. The van der Waals surface area contributed by atoms with Crippen molar-refractivity contribution in [2.24, 2.45) is 5.92 Å². The first-order chi connectivity index (χ1) is 11.6. The molecule has 0 N–H and O–H groups in total. The van der Waals surface area contributed by atoms with Crippen LogP contribution < -0.4 is 4.74 Å². The van der Waals surface area contributed by atoms with Gasteiger partial charge in [0, 0.05) is 23.8 Å².